The van der Waals surface area contributed by atoms with E-state index in [0.29, 0.717) is 6.42 Å². The van der Waals surface area contributed by atoms with Gasteiger partial charge in [0.25, 0.3) is 0 Å². The van der Waals surface area contributed by atoms with Crippen LogP contribution < -0.4 is 5.32 Å². The van der Waals surface area contributed by atoms with Crippen LogP contribution in [0, 0.1) is 6.92 Å². The van der Waals surface area contributed by atoms with Crippen molar-refractivity contribution < 1.29 is 5.11 Å². The summed E-state index contributed by atoms with van der Waals surface area (Å²) in [7, 11) is 1.86. The van der Waals surface area contributed by atoms with Gasteiger partial charge in [0.15, 0.2) is 0 Å². The first-order valence-electron chi connectivity index (χ1n) is 4.35. The zero-order chi connectivity index (χ0) is 9.68. The first-order valence-corrected chi connectivity index (χ1v) is 4.35. The van der Waals surface area contributed by atoms with Crippen LogP contribution in [-0.4, -0.2) is 28.7 Å². The summed E-state index contributed by atoms with van der Waals surface area (Å²) in [6.07, 6.45) is 4.00. The standard InChI is InChI=1S/C9H15N3O/c1-7-9(12-5-4-11-7)8(10-2)3-6-13/h4-5,8,10,13H,3,6H2,1-2H3. The summed E-state index contributed by atoms with van der Waals surface area (Å²) in [5, 5.41) is 11.9. The molecule has 4 nitrogen and oxygen atoms in total. The van der Waals surface area contributed by atoms with Gasteiger partial charge in [0.05, 0.1) is 17.4 Å². The third kappa shape index (κ3) is 2.47. The van der Waals surface area contributed by atoms with Gasteiger partial charge in [-0.3, -0.25) is 9.97 Å². The van der Waals surface area contributed by atoms with Crippen LogP contribution >= 0.6 is 0 Å². The van der Waals surface area contributed by atoms with Crippen molar-refractivity contribution in [3.05, 3.63) is 23.8 Å². The second kappa shape index (κ2) is 4.89. The average Bonchev–Trinajstić information content (AvgIpc) is 2.16. The molecule has 72 valence electrons. The van der Waals surface area contributed by atoms with Gasteiger partial charge in [-0.2, -0.15) is 0 Å². The van der Waals surface area contributed by atoms with Gasteiger partial charge in [-0.25, -0.2) is 0 Å². The number of nitrogens with one attached hydrogen (secondary N) is 1. The molecule has 0 radical (unpaired) electrons. The molecule has 0 spiro atoms. The van der Waals surface area contributed by atoms with Crippen LogP contribution in [0.2, 0.25) is 0 Å². The molecule has 0 aromatic carbocycles. The summed E-state index contributed by atoms with van der Waals surface area (Å²) in [6.45, 7) is 2.07. The molecule has 4 heteroatoms. The lowest BCUT2D eigenvalue weighted by atomic mass is 10.1. The maximum Gasteiger partial charge on any atom is 0.0785 e. The van der Waals surface area contributed by atoms with Gasteiger partial charge in [-0.1, -0.05) is 0 Å². The molecule has 1 aromatic heterocycles. The highest BCUT2D eigenvalue weighted by Crippen LogP contribution is 2.14. The van der Waals surface area contributed by atoms with E-state index < -0.39 is 0 Å². The highest BCUT2D eigenvalue weighted by molar-refractivity contribution is 5.13. The number of aryl methyl sites for hydroxylation is 1. The molecule has 1 rings (SSSR count). The molecule has 1 aromatic rings. The molecule has 1 atom stereocenters. The summed E-state index contributed by atoms with van der Waals surface area (Å²) in [6, 6.07) is 0.0960. The second-order valence-electron chi connectivity index (χ2n) is 2.88. The second-order valence-corrected chi connectivity index (χ2v) is 2.88. The van der Waals surface area contributed by atoms with E-state index in [-0.39, 0.29) is 12.6 Å². The summed E-state index contributed by atoms with van der Waals surface area (Å²) in [5.74, 6) is 0. The third-order valence-corrected chi connectivity index (χ3v) is 2.02. The van der Waals surface area contributed by atoms with Gasteiger partial charge in [-0.05, 0) is 20.4 Å². The number of aliphatic hydroxyl groups is 1. The predicted octanol–water partition coefficient (Wildman–Crippen LogP) is 0.428. The van der Waals surface area contributed by atoms with Gasteiger partial charge >= 0.3 is 0 Å². The van der Waals surface area contributed by atoms with Gasteiger partial charge in [-0.15, -0.1) is 0 Å². The maximum absolute atomic E-state index is 8.83. The van der Waals surface area contributed by atoms with Crippen molar-refractivity contribution in [2.45, 2.75) is 19.4 Å². The fourth-order valence-corrected chi connectivity index (χ4v) is 1.31. The van der Waals surface area contributed by atoms with Crippen molar-refractivity contribution in [1.29, 1.82) is 0 Å². The smallest absolute Gasteiger partial charge is 0.0785 e. The quantitative estimate of drug-likeness (QED) is 0.707. The van der Waals surface area contributed by atoms with E-state index in [1.54, 1.807) is 12.4 Å². The molecular weight excluding hydrogens is 166 g/mol. The molecule has 0 saturated carbocycles. The fraction of sp³-hybridized carbons (Fsp3) is 0.556. The monoisotopic (exact) mass is 181 g/mol. The topological polar surface area (TPSA) is 58.0 Å². The van der Waals surface area contributed by atoms with Gasteiger partial charge in [0, 0.05) is 19.0 Å². The third-order valence-electron chi connectivity index (χ3n) is 2.02. The summed E-state index contributed by atoms with van der Waals surface area (Å²) < 4.78 is 0. The molecule has 0 aliphatic heterocycles. The Hall–Kier alpha value is -1.00. The lowest BCUT2D eigenvalue weighted by molar-refractivity contribution is 0.267. The molecule has 1 unspecified atom stereocenters. The number of nitrogens with zero attached hydrogens (tertiary/aromatic N) is 2. The van der Waals surface area contributed by atoms with Crippen LogP contribution in [0.1, 0.15) is 23.9 Å². The zero-order valence-electron chi connectivity index (χ0n) is 7.99. The Bertz CT molecular complexity index is 265. The molecule has 0 bridgehead atoms. The van der Waals surface area contributed by atoms with E-state index >= 15 is 0 Å². The maximum atomic E-state index is 8.83. The Kier molecular flexibility index (Phi) is 3.79. The van der Waals surface area contributed by atoms with Crippen molar-refractivity contribution in [2.75, 3.05) is 13.7 Å². The molecule has 0 amide bonds. The summed E-state index contributed by atoms with van der Waals surface area (Å²) in [4.78, 5) is 8.38. The van der Waals surface area contributed by atoms with Crippen molar-refractivity contribution in [3.63, 3.8) is 0 Å². The lowest BCUT2D eigenvalue weighted by Crippen LogP contribution is -2.20. The normalized spacial score (nSPS) is 12.8. The number of aromatic nitrogens is 2. The van der Waals surface area contributed by atoms with E-state index in [4.69, 9.17) is 5.11 Å². The lowest BCUT2D eigenvalue weighted by Gasteiger charge is -2.15. The average molecular weight is 181 g/mol. The first-order chi connectivity index (χ1) is 6.29. The van der Waals surface area contributed by atoms with E-state index in [0.717, 1.165) is 11.4 Å². The number of hydrogen-bond donors (Lipinski definition) is 2. The number of hydrogen-bond acceptors (Lipinski definition) is 4. The number of rotatable bonds is 4. The Balaban J connectivity index is 2.84. The Morgan fingerprint density at radius 2 is 2.15 bits per heavy atom. The van der Waals surface area contributed by atoms with Crippen molar-refractivity contribution in [2.24, 2.45) is 0 Å². The van der Waals surface area contributed by atoms with E-state index in [1.165, 1.54) is 0 Å². The van der Waals surface area contributed by atoms with Crippen LogP contribution in [0.25, 0.3) is 0 Å². The molecule has 0 fully saturated rings. The minimum absolute atomic E-state index is 0.0960. The summed E-state index contributed by atoms with van der Waals surface area (Å²) in [5.41, 5.74) is 1.83. The summed E-state index contributed by atoms with van der Waals surface area (Å²) >= 11 is 0. The molecule has 13 heavy (non-hydrogen) atoms. The van der Waals surface area contributed by atoms with Crippen LogP contribution in [0.5, 0.6) is 0 Å². The number of aliphatic hydroxyl groups excluding tert-OH is 1. The van der Waals surface area contributed by atoms with Crippen LogP contribution in [0.3, 0.4) is 0 Å². The van der Waals surface area contributed by atoms with Crippen LogP contribution in [0.4, 0.5) is 0 Å². The molecule has 1 heterocycles. The van der Waals surface area contributed by atoms with Gasteiger partial charge in [0.2, 0.25) is 0 Å². The molecule has 0 aliphatic rings. The van der Waals surface area contributed by atoms with Crippen molar-refractivity contribution in [1.82, 2.24) is 15.3 Å². The van der Waals surface area contributed by atoms with E-state index in [1.807, 2.05) is 14.0 Å². The minimum atomic E-state index is 0.0960. The Morgan fingerprint density at radius 1 is 1.46 bits per heavy atom. The highest BCUT2D eigenvalue weighted by atomic mass is 16.3. The van der Waals surface area contributed by atoms with Crippen LogP contribution in [-0.2, 0) is 0 Å². The molecule has 0 aliphatic carbocycles. The predicted molar refractivity (Wildman–Crippen MR) is 50.3 cm³/mol. The Morgan fingerprint density at radius 3 is 2.69 bits per heavy atom. The molecular formula is C9H15N3O. The van der Waals surface area contributed by atoms with Crippen molar-refractivity contribution >= 4 is 0 Å². The molecule has 2 N–H and O–H groups in total. The van der Waals surface area contributed by atoms with E-state index in [2.05, 4.69) is 15.3 Å². The fourth-order valence-electron chi connectivity index (χ4n) is 1.31. The zero-order valence-corrected chi connectivity index (χ0v) is 7.99. The van der Waals surface area contributed by atoms with Crippen molar-refractivity contribution in [3.8, 4) is 0 Å². The largest absolute Gasteiger partial charge is 0.396 e. The SMILES string of the molecule is CNC(CCO)c1nccnc1C. The minimum Gasteiger partial charge on any atom is -0.396 e. The highest BCUT2D eigenvalue weighted by Gasteiger charge is 2.12. The van der Waals surface area contributed by atoms with Gasteiger partial charge < -0.3 is 10.4 Å². The first kappa shape index (κ1) is 10.1. The molecule has 0 saturated heterocycles. The van der Waals surface area contributed by atoms with Gasteiger partial charge in [0.1, 0.15) is 0 Å². The Labute approximate surface area is 78.0 Å². The van der Waals surface area contributed by atoms with E-state index in [9.17, 15) is 0 Å². The van der Waals surface area contributed by atoms with Crippen LogP contribution in [0.15, 0.2) is 12.4 Å².